The molecule has 1 N–H and O–H groups in total. The first-order valence-electron chi connectivity index (χ1n) is 7.72. The van der Waals surface area contributed by atoms with Crippen molar-refractivity contribution in [1.29, 1.82) is 0 Å². The van der Waals surface area contributed by atoms with E-state index < -0.39 is 16.1 Å². The van der Waals surface area contributed by atoms with Crippen LogP contribution in [0.25, 0.3) is 0 Å². The Kier molecular flexibility index (Phi) is 4.81. The molecule has 1 amide bonds. The lowest BCUT2D eigenvalue weighted by Gasteiger charge is -2.23. The van der Waals surface area contributed by atoms with Gasteiger partial charge in [-0.1, -0.05) is 0 Å². The molecule has 24 heavy (non-hydrogen) atoms. The van der Waals surface area contributed by atoms with Crippen molar-refractivity contribution in [3.63, 3.8) is 0 Å². The topological polar surface area (TPSA) is 94.2 Å². The third-order valence-electron chi connectivity index (χ3n) is 3.88. The Labute approximate surface area is 140 Å². The number of carbonyl (C=O) groups is 1. The number of anilines is 1. The molecule has 1 fully saturated rings. The summed E-state index contributed by atoms with van der Waals surface area (Å²) in [6.07, 6.45) is 2.26. The highest BCUT2D eigenvalue weighted by Gasteiger charge is 2.25. The summed E-state index contributed by atoms with van der Waals surface area (Å²) in [4.78, 5) is 11.9. The zero-order chi connectivity index (χ0) is 17.2. The van der Waals surface area contributed by atoms with E-state index in [9.17, 15) is 13.2 Å². The Morgan fingerprint density at radius 1 is 1.33 bits per heavy atom. The summed E-state index contributed by atoms with van der Waals surface area (Å²) in [6, 6.07) is 4.93. The fraction of sp³-hybridized carbons (Fsp3) is 0.533. The van der Waals surface area contributed by atoms with Crippen LogP contribution in [0.3, 0.4) is 0 Å². The molecule has 1 unspecified atom stereocenters. The normalized spacial score (nSPS) is 19.3. The summed E-state index contributed by atoms with van der Waals surface area (Å²) in [7, 11) is -3.50. The summed E-state index contributed by atoms with van der Waals surface area (Å²) in [5.74, 6) is 0.884. The van der Waals surface area contributed by atoms with E-state index in [1.807, 2.05) is 0 Å². The molecule has 0 aromatic heterocycles. The molecule has 0 radical (unpaired) electrons. The van der Waals surface area contributed by atoms with Gasteiger partial charge in [-0.15, -0.1) is 0 Å². The lowest BCUT2D eigenvalue weighted by atomic mass is 10.2. The zero-order valence-corrected chi connectivity index (χ0v) is 14.2. The van der Waals surface area contributed by atoms with Crippen molar-refractivity contribution in [2.24, 2.45) is 0 Å². The van der Waals surface area contributed by atoms with Gasteiger partial charge in [0.25, 0.3) is 0 Å². The number of nitrogens with zero attached hydrogens (tertiary/aromatic N) is 1. The highest BCUT2D eigenvalue weighted by molar-refractivity contribution is 7.92. The minimum absolute atomic E-state index is 0.120. The number of nitrogens with one attached hydrogen (secondary N) is 1. The van der Waals surface area contributed by atoms with Gasteiger partial charge in [0.1, 0.15) is 6.10 Å². The van der Waals surface area contributed by atoms with Crippen LogP contribution in [0.4, 0.5) is 5.69 Å². The molecular formula is C15H20N2O6S. The Morgan fingerprint density at radius 3 is 2.83 bits per heavy atom. The van der Waals surface area contributed by atoms with Crippen molar-refractivity contribution in [2.45, 2.75) is 18.9 Å². The Balaban J connectivity index is 1.65. The van der Waals surface area contributed by atoms with Crippen molar-refractivity contribution < 1.29 is 27.4 Å². The molecule has 0 aliphatic carbocycles. The van der Waals surface area contributed by atoms with Gasteiger partial charge in [0.15, 0.2) is 11.5 Å². The van der Waals surface area contributed by atoms with Gasteiger partial charge in [0.05, 0.1) is 18.5 Å². The van der Waals surface area contributed by atoms with Crippen LogP contribution in [0.2, 0.25) is 0 Å². The zero-order valence-electron chi connectivity index (χ0n) is 13.4. The molecule has 0 saturated carbocycles. The second-order valence-corrected chi connectivity index (χ2v) is 7.57. The summed E-state index contributed by atoms with van der Waals surface area (Å²) in [6.45, 7) is 1.02. The van der Waals surface area contributed by atoms with Gasteiger partial charge in [0.2, 0.25) is 22.7 Å². The average Bonchev–Trinajstić information content (AvgIpc) is 3.20. The van der Waals surface area contributed by atoms with Crippen molar-refractivity contribution in [3.05, 3.63) is 18.2 Å². The predicted octanol–water partition coefficient (Wildman–Crippen LogP) is 0.476. The van der Waals surface area contributed by atoms with E-state index in [1.54, 1.807) is 18.2 Å². The van der Waals surface area contributed by atoms with E-state index in [0.29, 0.717) is 30.2 Å². The molecule has 1 atom stereocenters. The average molecular weight is 356 g/mol. The molecule has 1 saturated heterocycles. The van der Waals surface area contributed by atoms with E-state index in [0.717, 1.165) is 12.7 Å². The second-order valence-electron chi connectivity index (χ2n) is 5.67. The van der Waals surface area contributed by atoms with Gasteiger partial charge < -0.3 is 19.5 Å². The number of fused-ring (bicyclic) bond motifs is 1. The van der Waals surface area contributed by atoms with Crippen molar-refractivity contribution >= 4 is 21.6 Å². The molecule has 1 aromatic rings. The highest BCUT2D eigenvalue weighted by atomic mass is 32.2. The van der Waals surface area contributed by atoms with E-state index in [2.05, 4.69) is 5.32 Å². The van der Waals surface area contributed by atoms with Crippen molar-refractivity contribution in [1.82, 2.24) is 5.32 Å². The molecule has 2 heterocycles. The Hall–Kier alpha value is -2.00. The number of benzene rings is 1. The smallest absolute Gasteiger partial charge is 0.249 e. The van der Waals surface area contributed by atoms with Crippen LogP contribution < -0.4 is 19.1 Å². The molecule has 9 heteroatoms. The number of sulfonamides is 1. The molecule has 2 aliphatic rings. The minimum atomic E-state index is -3.50. The molecule has 8 nitrogen and oxygen atoms in total. The fourth-order valence-electron chi connectivity index (χ4n) is 2.71. The van der Waals surface area contributed by atoms with E-state index >= 15 is 0 Å². The quantitative estimate of drug-likeness (QED) is 0.797. The molecule has 132 valence electrons. The van der Waals surface area contributed by atoms with Crippen LogP contribution in [0.15, 0.2) is 18.2 Å². The summed E-state index contributed by atoms with van der Waals surface area (Å²) >= 11 is 0. The van der Waals surface area contributed by atoms with Crippen LogP contribution in [-0.2, 0) is 19.6 Å². The Morgan fingerprint density at radius 2 is 2.12 bits per heavy atom. The van der Waals surface area contributed by atoms with Crippen molar-refractivity contribution in [2.75, 3.05) is 37.1 Å². The van der Waals surface area contributed by atoms with E-state index in [-0.39, 0.29) is 25.8 Å². The number of rotatable bonds is 6. The summed E-state index contributed by atoms with van der Waals surface area (Å²) < 4.78 is 41.2. The van der Waals surface area contributed by atoms with Gasteiger partial charge in [-0.3, -0.25) is 9.10 Å². The molecular weight excluding hydrogens is 336 g/mol. The number of hydrogen-bond donors (Lipinski definition) is 1. The second kappa shape index (κ2) is 6.86. The van der Waals surface area contributed by atoms with Gasteiger partial charge in [0, 0.05) is 19.2 Å². The Bertz CT molecular complexity index is 715. The number of ether oxygens (including phenoxy) is 3. The molecule has 0 bridgehead atoms. The van der Waals surface area contributed by atoms with Crippen LogP contribution >= 0.6 is 0 Å². The molecule has 1 aromatic carbocycles. The largest absolute Gasteiger partial charge is 0.454 e. The predicted molar refractivity (Wildman–Crippen MR) is 86.7 cm³/mol. The lowest BCUT2D eigenvalue weighted by molar-refractivity contribution is -0.129. The SMILES string of the molecule is CS(=O)(=O)N(CCNC(=O)C1CCCO1)c1ccc2c(c1)OCO2. The molecule has 0 spiro atoms. The van der Waals surface area contributed by atoms with Gasteiger partial charge in [-0.05, 0) is 25.0 Å². The fourth-order valence-corrected chi connectivity index (χ4v) is 3.63. The summed E-state index contributed by atoms with van der Waals surface area (Å²) in [5, 5.41) is 2.72. The first-order valence-corrected chi connectivity index (χ1v) is 9.56. The first-order chi connectivity index (χ1) is 11.4. The van der Waals surface area contributed by atoms with Crippen LogP contribution in [0.5, 0.6) is 11.5 Å². The molecule has 2 aliphatic heterocycles. The van der Waals surface area contributed by atoms with E-state index in [1.165, 1.54) is 4.31 Å². The number of carbonyl (C=O) groups excluding carboxylic acids is 1. The van der Waals surface area contributed by atoms with Crippen molar-refractivity contribution in [3.8, 4) is 11.5 Å². The van der Waals surface area contributed by atoms with E-state index in [4.69, 9.17) is 14.2 Å². The number of hydrogen-bond acceptors (Lipinski definition) is 6. The maximum atomic E-state index is 12.1. The first kappa shape index (κ1) is 16.8. The monoisotopic (exact) mass is 356 g/mol. The van der Waals surface area contributed by atoms with Crippen LogP contribution in [0.1, 0.15) is 12.8 Å². The van der Waals surface area contributed by atoms with Gasteiger partial charge in [-0.25, -0.2) is 8.42 Å². The third kappa shape index (κ3) is 3.73. The molecule has 3 rings (SSSR count). The maximum Gasteiger partial charge on any atom is 0.249 e. The minimum Gasteiger partial charge on any atom is -0.454 e. The highest BCUT2D eigenvalue weighted by Crippen LogP contribution is 2.35. The maximum absolute atomic E-state index is 12.1. The standard InChI is InChI=1S/C15H20N2O6S/c1-24(19,20)17(7-6-16-15(18)13-3-2-8-21-13)11-4-5-12-14(9-11)23-10-22-12/h4-5,9,13H,2-3,6-8,10H2,1H3,(H,16,18). The van der Waals surface area contributed by atoms with Crippen LogP contribution in [-0.4, -0.2) is 53.2 Å². The number of amides is 1. The van der Waals surface area contributed by atoms with Gasteiger partial charge >= 0.3 is 0 Å². The lowest BCUT2D eigenvalue weighted by Crippen LogP contribution is -2.41. The third-order valence-corrected chi connectivity index (χ3v) is 5.07. The summed E-state index contributed by atoms with van der Waals surface area (Å²) in [5.41, 5.74) is 0.466. The van der Waals surface area contributed by atoms with Crippen LogP contribution in [0, 0.1) is 0 Å². The van der Waals surface area contributed by atoms with Gasteiger partial charge in [-0.2, -0.15) is 0 Å².